The van der Waals surface area contributed by atoms with Gasteiger partial charge in [0.05, 0.1) is 21.6 Å². The molecule has 0 fully saturated rings. The second kappa shape index (κ2) is 26.4. The smallest absolute Gasteiger partial charge is 0.298 e. The Balaban J connectivity index is 0.741. The number of aromatic nitrogens is 4. The number of nitro groups is 1. The van der Waals surface area contributed by atoms with Gasteiger partial charge in [0.1, 0.15) is 16.8 Å². The quantitative estimate of drug-likeness (QED) is 0.0108. The van der Waals surface area contributed by atoms with Crippen molar-refractivity contribution in [3.8, 4) is 23.7 Å². The first-order chi connectivity index (χ1) is 49.5. The SMILES string of the molecule is CCCCCCCCCCC(C)C#Cc1cc([N+](=O)[O-])c2nc3c4ccc5c6ccc7c8ccc9c%10ccc%11c%12c(ccc(c%13ccc(c%14ccc(c%15ccc(c(=O)n3c2c1)c4c%155)c6c%147)c8c%139)c%10%12)c(=O)n1c2cc(C#CC(CCCCCCCC)CCCCCCCCCC)cc(N)c2nc%111. The molecule has 0 aliphatic heterocycles. The summed E-state index contributed by atoms with van der Waals surface area (Å²) in [7, 11) is 0. The average molecular weight is 1330 g/mol. The van der Waals surface area contributed by atoms with Crippen molar-refractivity contribution in [2.75, 3.05) is 5.73 Å². The molecule has 0 saturated carbocycles. The summed E-state index contributed by atoms with van der Waals surface area (Å²) >= 11 is 0. The van der Waals surface area contributed by atoms with Gasteiger partial charge in [0.25, 0.3) is 16.8 Å². The zero-order chi connectivity index (χ0) is 68.7. The van der Waals surface area contributed by atoms with Crippen LogP contribution in [0.2, 0.25) is 0 Å². The monoisotopic (exact) mass is 1330 g/mol. The number of nitro benzene ring substituents is 1. The Kier molecular flexibility index (Phi) is 16.8. The number of nitrogens with two attached hydrogens (primary N) is 1. The molecule has 0 aliphatic carbocycles. The second-order valence-corrected chi connectivity index (χ2v) is 29.7. The van der Waals surface area contributed by atoms with Crippen LogP contribution in [-0.2, 0) is 0 Å². The largest absolute Gasteiger partial charge is 0.397 e. The molecule has 2 atom stereocenters. The molecule has 17 aromatic rings. The Hall–Kier alpha value is -10.2. The molecule has 0 saturated heterocycles. The van der Waals surface area contributed by atoms with Gasteiger partial charge in [0.2, 0.25) is 0 Å². The topological polar surface area (TPSA) is 138 Å². The molecule has 101 heavy (non-hydrogen) atoms. The highest BCUT2D eigenvalue weighted by atomic mass is 16.6. The number of unbranched alkanes of at least 4 members (excludes halogenated alkanes) is 19. The normalized spacial score (nSPS) is 13.1. The van der Waals surface area contributed by atoms with Crippen molar-refractivity contribution >= 4 is 174 Å². The zero-order valence-electron chi connectivity index (χ0n) is 58.8. The van der Waals surface area contributed by atoms with Crippen molar-refractivity contribution in [3.63, 3.8) is 0 Å². The molecule has 17 rings (SSSR count). The van der Waals surface area contributed by atoms with Crippen molar-refractivity contribution in [2.24, 2.45) is 11.8 Å². The molecular weight excluding hydrogens is 1240 g/mol. The molecule has 0 bridgehead atoms. The van der Waals surface area contributed by atoms with Crippen LogP contribution in [0.25, 0.3) is 163 Å². The van der Waals surface area contributed by atoms with E-state index in [0.29, 0.717) is 55.8 Å². The lowest BCUT2D eigenvalue weighted by Crippen LogP contribution is -2.13. The molecule has 4 aromatic heterocycles. The number of hydrogen-bond donors (Lipinski definition) is 1. The van der Waals surface area contributed by atoms with E-state index < -0.39 is 4.92 Å². The number of pyridine rings is 2. The molecule has 0 radical (unpaired) electrons. The standard InChI is InChI=1S/C91H86N6O4/c1-5-8-11-14-17-19-21-24-27-54(4)30-31-57-52-76-87(77(53-57)97(100)101)94-89-71-47-43-67-63-39-35-59-58-34-38-62-66-42-46-70-84-72(90(98)95-75-51-56(50-74(92)86(75)93-88(70)95)33-32-55(28-25-22-16-13-10-7-3)29-26-23-20-18-15-12-9-6-2)48-44-68(82(66)84)64-40-36-60(78(58)80(62)64)61-37-41-65(81(63)79(59)61)69-45-49-73(85(71)83(67)69)91(99)96(76)89/h34-55H,5-29,92H2,1-4H3. The summed E-state index contributed by atoms with van der Waals surface area (Å²) in [6.45, 7) is 8.92. The van der Waals surface area contributed by atoms with Crippen molar-refractivity contribution in [1.82, 2.24) is 18.8 Å². The van der Waals surface area contributed by atoms with Gasteiger partial charge in [-0.3, -0.25) is 28.5 Å². The average Bonchev–Trinajstić information content (AvgIpc) is 1.26. The number of rotatable bonds is 26. The summed E-state index contributed by atoms with van der Waals surface area (Å²) in [6.07, 6.45) is 31.2. The molecule has 13 aromatic carbocycles. The number of benzene rings is 13. The fourth-order valence-electron chi connectivity index (χ4n) is 18.1. The number of imidazole rings is 2. The molecular formula is C91H86N6O4. The van der Waals surface area contributed by atoms with Crippen LogP contribution in [0, 0.1) is 45.6 Å². The van der Waals surface area contributed by atoms with E-state index in [4.69, 9.17) is 15.7 Å². The third-order valence-electron chi connectivity index (χ3n) is 23.1. The van der Waals surface area contributed by atoms with Gasteiger partial charge in [0, 0.05) is 61.3 Å². The molecule has 0 spiro atoms. The van der Waals surface area contributed by atoms with Gasteiger partial charge in [-0.2, -0.15) is 0 Å². The molecule has 2 N–H and O–H groups in total. The minimum atomic E-state index is -0.402. The lowest BCUT2D eigenvalue weighted by atomic mass is 9.81. The summed E-state index contributed by atoms with van der Waals surface area (Å²) in [5.74, 6) is 14.4. The number of non-ortho nitro benzene ring substituents is 1. The van der Waals surface area contributed by atoms with E-state index in [9.17, 15) is 10.1 Å². The minimum Gasteiger partial charge on any atom is -0.397 e. The van der Waals surface area contributed by atoms with E-state index in [1.54, 1.807) is 14.9 Å². The summed E-state index contributed by atoms with van der Waals surface area (Å²) in [5.41, 5.74) is 11.1. The van der Waals surface area contributed by atoms with Crippen LogP contribution in [0.4, 0.5) is 11.4 Å². The maximum absolute atomic E-state index is 15.3. The third-order valence-corrected chi connectivity index (χ3v) is 23.1. The molecule has 0 amide bonds. The number of anilines is 1. The Morgan fingerprint density at radius 1 is 0.386 bits per heavy atom. The van der Waals surface area contributed by atoms with Crippen LogP contribution in [0.1, 0.15) is 199 Å². The highest BCUT2D eigenvalue weighted by Crippen LogP contribution is 2.52. The van der Waals surface area contributed by atoms with Crippen LogP contribution in [0.15, 0.2) is 131 Å². The minimum absolute atomic E-state index is 0.110. The maximum atomic E-state index is 15.3. The van der Waals surface area contributed by atoms with Crippen molar-refractivity contribution in [2.45, 2.75) is 188 Å². The van der Waals surface area contributed by atoms with Gasteiger partial charge < -0.3 is 5.73 Å². The van der Waals surface area contributed by atoms with Crippen molar-refractivity contribution in [3.05, 3.63) is 163 Å². The number of nitrogens with zero attached hydrogens (tertiary/aromatic N) is 5. The molecule has 4 heterocycles. The van der Waals surface area contributed by atoms with E-state index in [0.717, 1.165) is 107 Å². The predicted octanol–water partition coefficient (Wildman–Crippen LogP) is 24.3. The van der Waals surface area contributed by atoms with E-state index in [-0.39, 0.29) is 28.2 Å². The van der Waals surface area contributed by atoms with Gasteiger partial charge in [-0.05, 0) is 159 Å². The van der Waals surface area contributed by atoms with Crippen molar-refractivity contribution < 1.29 is 4.92 Å². The Bertz CT molecular complexity index is 6280. The van der Waals surface area contributed by atoms with Gasteiger partial charge in [-0.1, -0.05) is 265 Å². The summed E-state index contributed by atoms with van der Waals surface area (Å²) in [6, 6.07) is 42.4. The van der Waals surface area contributed by atoms with Crippen LogP contribution in [0.3, 0.4) is 0 Å². The third kappa shape index (κ3) is 10.6. The maximum Gasteiger partial charge on any atom is 0.298 e. The fourth-order valence-corrected chi connectivity index (χ4v) is 18.1. The summed E-state index contributed by atoms with van der Waals surface area (Å²) in [5, 5.41) is 37.7. The zero-order valence-corrected chi connectivity index (χ0v) is 58.8. The number of hydrogen-bond acceptors (Lipinski definition) is 7. The number of nitrogen functional groups attached to an aromatic ring is 1. The van der Waals surface area contributed by atoms with Crippen molar-refractivity contribution in [1.29, 1.82) is 0 Å². The van der Waals surface area contributed by atoms with Crippen LogP contribution in [0.5, 0.6) is 0 Å². The summed E-state index contributed by atoms with van der Waals surface area (Å²) < 4.78 is 3.35. The van der Waals surface area contributed by atoms with Gasteiger partial charge in [-0.15, -0.1) is 0 Å². The molecule has 504 valence electrons. The van der Waals surface area contributed by atoms with Gasteiger partial charge >= 0.3 is 0 Å². The van der Waals surface area contributed by atoms with Crippen LogP contribution >= 0.6 is 0 Å². The Labute approximate surface area is 587 Å². The first-order valence-electron chi connectivity index (χ1n) is 38.1. The van der Waals surface area contributed by atoms with E-state index in [1.807, 2.05) is 24.3 Å². The van der Waals surface area contributed by atoms with E-state index in [2.05, 4.69) is 136 Å². The predicted molar refractivity (Wildman–Crippen MR) is 427 cm³/mol. The molecule has 0 aliphatic rings. The first kappa shape index (κ1) is 64.2. The van der Waals surface area contributed by atoms with Gasteiger partial charge in [0.15, 0.2) is 5.52 Å². The first-order valence-corrected chi connectivity index (χ1v) is 38.1. The molecule has 10 heteroatoms. The fraction of sp³-hybridized carbons (Fsp3) is 0.341. The highest BCUT2D eigenvalue weighted by Gasteiger charge is 2.28. The highest BCUT2D eigenvalue weighted by molar-refractivity contribution is 6.47. The van der Waals surface area contributed by atoms with E-state index >= 15 is 9.59 Å². The van der Waals surface area contributed by atoms with E-state index in [1.165, 1.54) is 184 Å². The second-order valence-electron chi connectivity index (χ2n) is 29.7. The Morgan fingerprint density at radius 3 is 1.06 bits per heavy atom. The summed E-state index contributed by atoms with van der Waals surface area (Å²) in [4.78, 5) is 53.1. The Morgan fingerprint density at radius 2 is 0.683 bits per heavy atom. The lowest BCUT2D eigenvalue weighted by Gasteiger charge is -2.22. The van der Waals surface area contributed by atoms with Crippen LogP contribution < -0.4 is 16.9 Å². The number of fused-ring (bicyclic) bond motifs is 14. The molecule has 2 unspecified atom stereocenters. The lowest BCUT2D eigenvalue weighted by molar-refractivity contribution is -0.383. The van der Waals surface area contributed by atoms with Crippen LogP contribution in [-0.4, -0.2) is 23.7 Å². The van der Waals surface area contributed by atoms with Gasteiger partial charge in [-0.25, -0.2) is 9.97 Å². The molecule has 10 nitrogen and oxygen atoms in total.